The lowest BCUT2D eigenvalue weighted by Gasteiger charge is -2.09. The zero-order chi connectivity index (χ0) is 14.5. The van der Waals surface area contributed by atoms with Crippen molar-refractivity contribution in [3.05, 3.63) is 53.9 Å². The molecule has 20 heavy (non-hydrogen) atoms. The van der Waals surface area contributed by atoms with E-state index in [-0.39, 0.29) is 6.04 Å². The van der Waals surface area contributed by atoms with Crippen LogP contribution in [0.2, 0.25) is 0 Å². The highest BCUT2D eigenvalue weighted by Gasteiger charge is 2.05. The minimum Gasteiger partial charge on any atom is -0.323 e. The average Bonchev–Trinajstić information content (AvgIpc) is 2.48. The van der Waals surface area contributed by atoms with Gasteiger partial charge in [-0.25, -0.2) is 0 Å². The van der Waals surface area contributed by atoms with E-state index in [1.807, 2.05) is 12.3 Å². The molecule has 0 aliphatic carbocycles. The van der Waals surface area contributed by atoms with Crippen molar-refractivity contribution in [3.63, 3.8) is 0 Å². The summed E-state index contributed by atoms with van der Waals surface area (Å²) in [7, 11) is 0. The number of hydrogen-bond donors (Lipinski definition) is 1. The number of benzene rings is 1. The molecule has 0 aliphatic heterocycles. The molecule has 0 amide bonds. The molecule has 2 N–H and O–H groups in total. The van der Waals surface area contributed by atoms with Gasteiger partial charge in [-0.05, 0) is 42.2 Å². The topological polar surface area (TPSA) is 38.9 Å². The highest BCUT2D eigenvalue weighted by molar-refractivity contribution is 7.99. The first-order valence-electron chi connectivity index (χ1n) is 7.09. The predicted molar refractivity (Wildman–Crippen MR) is 86.1 cm³/mol. The fraction of sp³-hybridized carbons (Fsp3) is 0.353. The van der Waals surface area contributed by atoms with Gasteiger partial charge in [0.05, 0.1) is 5.69 Å². The van der Waals surface area contributed by atoms with Crippen molar-refractivity contribution in [2.24, 2.45) is 5.73 Å². The van der Waals surface area contributed by atoms with Crippen molar-refractivity contribution in [3.8, 4) is 0 Å². The molecule has 0 bridgehead atoms. The van der Waals surface area contributed by atoms with Gasteiger partial charge in [-0.3, -0.25) is 4.98 Å². The lowest BCUT2D eigenvalue weighted by Crippen LogP contribution is -2.10. The molecule has 0 saturated carbocycles. The van der Waals surface area contributed by atoms with Crippen molar-refractivity contribution in [2.45, 2.75) is 48.9 Å². The van der Waals surface area contributed by atoms with E-state index in [1.165, 1.54) is 10.5 Å². The largest absolute Gasteiger partial charge is 0.323 e. The second-order valence-corrected chi connectivity index (χ2v) is 6.41. The van der Waals surface area contributed by atoms with Gasteiger partial charge < -0.3 is 5.73 Å². The van der Waals surface area contributed by atoms with Crippen LogP contribution in [0.4, 0.5) is 0 Å². The van der Waals surface area contributed by atoms with Crippen LogP contribution in [0, 0.1) is 0 Å². The molecule has 0 fully saturated rings. The SMILES string of the molecule is CC[C@H](N)c1ccc(Sc2ccc(C(C)C)cc2)cn1. The summed E-state index contributed by atoms with van der Waals surface area (Å²) in [6, 6.07) is 12.9. The molecule has 0 unspecified atom stereocenters. The van der Waals surface area contributed by atoms with E-state index >= 15 is 0 Å². The van der Waals surface area contributed by atoms with Gasteiger partial charge in [0.2, 0.25) is 0 Å². The Morgan fingerprint density at radius 2 is 1.70 bits per heavy atom. The van der Waals surface area contributed by atoms with E-state index in [4.69, 9.17) is 5.73 Å². The van der Waals surface area contributed by atoms with E-state index in [0.29, 0.717) is 5.92 Å². The number of nitrogens with zero attached hydrogens (tertiary/aromatic N) is 1. The number of pyridine rings is 1. The fourth-order valence-electron chi connectivity index (χ4n) is 1.94. The van der Waals surface area contributed by atoms with Crippen LogP contribution < -0.4 is 5.73 Å². The lowest BCUT2D eigenvalue weighted by molar-refractivity contribution is 0.674. The quantitative estimate of drug-likeness (QED) is 0.860. The second-order valence-electron chi connectivity index (χ2n) is 5.26. The Balaban J connectivity index is 2.06. The third-order valence-electron chi connectivity index (χ3n) is 3.36. The van der Waals surface area contributed by atoms with Gasteiger partial charge in [-0.2, -0.15) is 0 Å². The van der Waals surface area contributed by atoms with E-state index in [1.54, 1.807) is 11.8 Å². The van der Waals surface area contributed by atoms with Gasteiger partial charge in [-0.15, -0.1) is 0 Å². The molecule has 1 atom stereocenters. The smallest absolute Gasteiger partial charge is 0.0571 e. The monoisotopic (exact) mass is 286 g/mol. The molecule has 1 aromatic carbocycles. The van der Waals surface area contributed by atoms with Gasteiger partial charge >= 0.3 is 0 Å². The Morgan fingerprint density at radius 1 is 1.05 bits per heavy atom. The van der Waals surface area contributed by atoms with Crippen LogP contribution >= 0.6 is 11.8 Å². The highest BCUT2D eigenvalue weighted by atomic mass is 32.2. The van der Waals surface area contributed by atoms with Crippen molar-refractivity contribution >= 4 is 11.8 Å². The van der Waals surface area contributed by atoms with Crippen LogP contribution in [0.3, 0.4) is 0 Å². The number of hydrogen-bond acceptors (Lipinski definition) is 3. The zero-order valence-corrected chi connectivity index (χ0v) is 13.2. The highest BCUT2D eigenvalue weighted by Crippen LogP contribution is 2.28. The number of rotatable bonds is 5. The van der Waals surface area contributed by atoms with Crippen LogP contribution in [0.25, 0.3) is 0 Å². The summed E-state index contributed by atoms with van der Waals surface area (Å²) in [5, 5.41) is 0. The Kier molecular flexibility index (Phi) is 5.21. The molecule has 0 aliphatic rings. The molecule has 0 spiro atoms. The molecule has 1 aromatic heterocycles. The summed E-state index contributed by atoms with van der Waals surface area (Å²) < 4.78 is 0. The van der Waals surface area contributed by atoms with Crippen LogP contribution in [0.15, 0.2) is 52.4 Å². The molecular weight excluding hydrogens is 264 g/mol. The van der Waals surface area contributed by atoms with E-state index in [0.717, 1.165) is 17.0 Å². The van der Waals surface area contributed by atoms with Crippen molar-refractivity contribution in [1.82, 2.24) is 4.98 Å². The number of aromatic nitrogens is 1. The van der Waals surface area contributed by atoms with E-state index in [9.17, 15) is 0 Å². The van der Waals surface area contributed by atoms with Crippen LogP contribution in [-0.2, 0) is 0 Å². The first kappa shape index (κ1) is 15.1. The van der Waals surface area contributed by atoms with E-state index in [2.05, 4.69) is 56.1 Å². The molecule has 0 saturated heterocycles. The molecule has 1 heterocycles. The molecular formula is C17H22N2S. The van der Waals surface area contributed by atoms with Gasteiger partial charge in [0.25, 0.3) is 0 Å². The summed E-state index contributed by atoms with van der Waals surface area (Å²) in [6.07, 6.45) is 2.82. The molecule has 106 valence electrons. The second kappa shape index (κ2) is 6.91. The summed E-state index contributed by atoms with van der Waals surface area (Å²) >= 11 is 1.73. The van der Waals surface area contributed by atoms with E-state index < -0.39 is 0 Å². The van der Waals surface area contributed by atoms with Crippen LogP contribution in [0.1, 0.15) is 50.4 Å². The first-order valence-corrected chi connectivity index (χ1v) is 7.91. The Morgan fingerprint density at radius 3 is 2.20 bits per heavy atom. The Hall–Kier alpha value is -1.32. The normalized spacial score (nSPS) is 12.7. The molecule has 2 rings (SSSR count). The third-order valence-corrected chi connectivity index (χ3v) is 4.35. The summed E-state index contributed by atoms with van der Waals surface area (Å²) in [4.78, 5) is 6.83. The first-order chi connectivity index (χ1) is 9.60. The lowest BCUT2D eigenvalue weighted by atomic mass is 10.0. The van der Waals surface area contributed by atoms with Gasteiger partial charge in [-0.1, -0.05) is 44.7 Å². The van der Waals surface area contributed by atoms with Gasteiger partial charge in [0.1, 0.15) is 0 Å². The predicted octanol–water partition coefficient (Wildman–Crippen LogP) is 4.77. The van der Waals surface area contributed by atoms with Crippen molar-refractivity contribution in [2.75, 3.05) is 0 Å². The summed E-state index contributed by atoms with van der Waals surface area (Å²) in [5.74, 6) is 0.575. The maximum atomic E-state index is 5.97. The minimum atomic E-state index is 0.0411. The average molecular weight is 286 g/mol. The van der Waals surface area contributed by atoms with Crippen LogP contribution in [0.5, 0.6) is 0 Å². The number of nitrogens with two attached hydrogens (primary N) is 1. The molecule has 3 heteroatoms. The third kappa shape index (κ3) is 3.84. The summed E-state index contributed by atoms with van der Waals surface area (Å²) in [6.45, 7) is 6.49. The van der Waals surface area contributed by atoms with Crippen LogP contribution in [-0.4, -0.2) is 4.98 Å². The minimum absolute atomic E-state index is 0.0411. The standard InChI is InChI=1S/C17H22N2S/c1-4-16(18)17-10-9-15(11-19-17)20-14-7-5-13(6-8-14)12(2)3/h5-12,16H,4,18H2,1-3H3/t16-/m0/s1. The van der Waals surface area contributed by atoms with Crippen molar-refractivity contribution < 1.29 is 0 Å². The Labute approximate surface area is 125 Å². The van der Waals surface area contributed by atoms with Gasteiger partial charge in [0, 0.05) is 22.0 Å². The summed E-state index contributed by atoms with van der Waals surface area (Å²) in [5.41, 5.74) is 8.31. The fourth-order valence-corrected chi connectivity index (χ4v) is 2.72. The maximum Gasteiger partial charge on any atom is 0.0571 e. The Bertz CT molecular complexity index is 532. The maximum absolute atomic E-state index is 5.97. The molecule has 0 radical (unpaired) electrons. The molecule has 2 nitrogen and oxygen atoms in total. The zero-order valence-electron chi connectivity index (χ0n) is 12.3. The van der Waals surface area contributed by atoms with Crippen molar-refractivity contribution in [1.29, 1.82) is 0 Å². The van der Waals surface area contributed by atoms with Gasteiger partial charge in [0.15, 0.2) is 0 Å². The molecule has 2 aromatic rings.